The van der Waals surface area contributed by atoms with E-state index in [9.17, 15) is 0 Å². The number of rotatable bonds is 9. The molecule has 2 aromatic carbocycles. The highest BCUT2D eigenvalue weighted by molar-refractivity contribution is 5.79. The highest BCUT2D eigenvalue weighted by Crippen LogP contribution is 2.20. The number of nitrogens with zero attached hydrogens (tertiary/aromatic N) is 2. The molecular formula is C24H30N4O3. The molecule has 0 radical (unpaired) electrons. The van der Waals surface area contributed by atoms with E-state index in [-0.39, 0.29) is 6.10 Å². The van der Waals surface area contributed by atoms with Crippen molar-refractivity contribution in [3.8, 4) is 23.0 Å². The van der Waals surface area contributed by atoms with Crippen LogP contribution in [0.15, 0.2) is 64.2 Å². The van der Waals surface area contributed by atoms with Gasteiger partial charge in [0.25, 0.3) is 0 Å². The Morgan fingerprint density at radius 3 is 2.65 bits per heavy atom. The summed E-state index contributed by atoms with van der Waals surface area (Å²) in [6.07, 6.45) is 2.39. The zero-order chi connectivity index (χ0) is 22.1. The van der Waals surface area contributed by atoms with Gasteiger partial charge in [0.05, 0.1) is 19.3 Å². The standard InChI is InChI=1S/C24H30N4O3/c1-17-8-10-19(11-9-17)23-28-20(16-30-23)12-13-26-24(25-3)27-15-18(2)31-22-7-5-6-21(14-22)29-4/h5-11,14,16,18H,12-13,15H2,1-4H3,(H2,25,26,27). The van der Waals surface area contributed by atoms with Crippen molar-refractivity contribution in [1.29, 1.82) is 0 Å². The molecule has 1 aromatic heterocycles. The number of aryl methyl sites for hydroxylation is 1. The number of aromatic nitrogens is 1. The molecule has 7 heteroatoms. The third kappa shape index (κ3) is 6.77. The molecule has 0 aliphatic heterocycles. The van der Waals surface area contributed by atoms with Gasteiger partial charge in [-0.05, 0) is 38.1 Å². The maximum absolute atomic E-state index is 5.93. The average Bonchev–Trinajstić information content (AvgIpc) is 3.25. The van der Waals surface area contributed by atoms with Crippen molar-refractivity contribution in [1.82, 2.24) is 15.6 Å². The van der Waals surface area contributed by atoms with E-state index in [1.807, 2.05) is 43.3 Å². The molecule has 0 fully saturated rings. The minimum absolute atomic E-state index is 0.0433. The lowest BCUT2D eigenvalue weighted by molar-refractivity contribution is 0.223. The summed E-state index contributed by atoms with van der Waals surface area (Å²) in [5.74, 6) is 2.89. The van der Waals surface area contributed by atoms with E-state index < -0.39 is 0 Å². The Kier molecular flexibility index (Phi) is 7.92. The molecule has 0 aliphatic carbocycles. The van der Waals surface area contributed by atoms with Gasteiger partial charge in [-0.3, -0.25) is 4.99 Å². The Morgan fingerprint density at radius 2 is 1.90 bits per heavy atom. The molecule has 0 aliphatic rings. The minimum atomic E-state index is -0.0433. The second-order valence-electron chi connectivity index (χ2n) is 7.25. The summed E-state index contributed by atoms with van der Waals surface area (Å²) >= 11 is 0. The monoisotopic (exact) mass is 422 g/mol. The maximum atomic E-state index is 5.93. The second kappa shape index (κ2) is 11.1. The van der Waals surface area contributed by atoms with E-state index in [2.05, 4.69) is 39.7 Å². The van der Waals surface area contributed by atoms with Crippen LogP contribution in [0.5, 0.6) is 11.5 Å². The van der Waals surface area contributed by atoms with Crippen molar-refractivity contribution in [2.75, 3.05) is 27.2 Å². The lowest BCUT2D eigenvalue weighted by atomic mass is 10.1. The first-order chi connectivity index (χ1) is 15.1. The Morgan fingerprint density at radius 1 is 1.13 bits per heavy atom. The van der Waals surface area contributed by atoms with Gasteiger partial charge in [0, 0.05) is 31.6 Å². The van der Waals surface area contributed by atoms with Gasteiger partial charge in [-0.25, -0.2) is 4.98 Å². The topological polar surface area (TPSA) is 80.9 Å². The van der Waals surface area contributed by atoms with E-state index in [1.165, 1.54) is 5.56 Å². The quantitative estimate of drug-likeness (QED) is 0.403. The SMILES string of the molecule is CN=C(NCCc1coc(-c2ccc(C)cc2)n1)NCC(C)Oc1cccc(OC)c1. The first-order valence-corrected chi connectivity index (χ1v) is 10.3. The predicted molar refractivity (Wildman–Crippen MR) is 123 cm³/mol. The fraction of sp³-hybridized carbons (Fsp3) is 0.333. The second-order valence-corrected chi connectivity index (χ2v) is 7.25. The van der Waals surface area contributed by atoms with Gasteiger partial charge in [-0.15, -0.1) is 0 Å². The van der Waals surface area contributed by atoms with Crippen LogP contribution in [0.25, 0.3) is 11.5 Å². The molecule has 1 unspecified atom stereocenters. The third-order valence-corrected chi connectivity index (χ3v) is 4.68. The van der Waals surface area contributed by atoms with Crippen molar-refractivity contribution in [3.05, 3.63) is 66.1 Å². The number of hydrogen-bond donors (Lipinski definition) is 2. The van der Waals surface area contributed by atoms with Gasteiger partial charge < -0.3 is 24.5 Å². The molecule has 3 aromatic rings. The van der Waals surface area contributed by atoms with Crippen molar-refractivity contribution >= 4 is 5.96 Å². The molecule has 0 spiro atoms. The summed E-state index contributed by atoms with van der Waals surface area (Å²) in [4.78, 5) is 8.83. The molecular weight excluding hydrogens is 392 g/mol. The van der Waals surface area contributed by atoms with E-state index in [1.54, 1.807) is 20.4 Å². The fourth-order valence-corrected chi connectivity index (χ4v) is 2.97. The number of ether oxygens (including phenoxy) is 2. The Balaban J connectivity index is 1.42. The number of hydrogen-bond acceptors (Lipinski definition) is 5. The number of aliphatic imine (C=N–C) groups is 1. The van der Waals surface area contributed by atoms with Crippen molar-refractivity contribution in [3.63, 3.8) is 0 Å². The average molecular weight is 423 g/mol. The molecule has 2 N–H and O–H groups in total. The van der Waals surface area contributed by atoms with Crippen molar-refractivity contribution in [2.45, 2.75) is 26.4 Å². The zero-order valence-electron chi connectivity index (χ0n) is 18.5. The Labute approximate surface area is 183 Å². The summed E-state index contributed by atoms with van der Waals surface area (Å²) in [7, 11) is 3.39. The molecule has 0 saturated heterocycles. The van der Waals surface area contributed by atoms with Crippen LogP contribution in [0.2, 0.25) is 0 Å². The lowest BCUT2D eigenvalue weighted by Crippen LogP contribution is -2.42. The lowest BCUT2D eigenvalue weighted by Gasteiger charge is -2.18. The number of benzene rings is 2. The van der Waals surface area contributed by atoms with Crippen LogP contribution in [-0.2, 0) is 6.42 Å². The van der Waals surface area contributed by atoms with Gasteiger partial charge in [0.1, 0.15) is 23.9 Å². The summed E-state index contributed by atoms with van der Waals surface area (Å²) < 4.78 is 16.8. The fourth-order valence-electron chi connectivity index (χ4n) is 2.97. The van der Waals surface area contributed by atoms with Gasteiger partial charge in [-0.1, -0.05) is 23.8 Å². The van der Waals surface area contributed by atoms with Crippen LogP contribution in [0.4, 0.5) is 0 Å². The van der Waals surface area contributed by atoms with Gasteiger partial charge in [0.2, 0.25) is 5.89 Å². The molecule has 164 valence electrons. The summed E-state index contributed by atoms with van der Waals surface area (Å²) in [6.45, 7) is 5.36. The van der Waals surface area contributed by atoms with Gasteiger partial charge >= 0.3 is 0 Å². The molecule has 1 heterocycles. The summed E-state index contributed by atoms with van der Waals surface area (Å²) in [5, 5.41) is 6.57. The molecule has 1 atom stereocenters. The normalized spacial score (nSPS) is 12.3. The van der Waals surface area contributed by atoms with E-state index >= 15 is 0 Å². The van der Waals surface area contributed by atoms with Crippen molar-refractivity contribution < 1.29 is 13.9 Å². The molecule has 31 heavy (non-hydrogen) atoms. The molecule has 0 amide bonds. The molecule has 3 rings (SSSR count). The van der Waals surface area contributed by atoms with Crippen LogP contribution in [0.3, 0.4) is 0 Å². The highest BCUT2D eigenvalue weighted by Gasteiger charge is 2.09. The van der Waals surface area contributed by atoms with E-state index in [0.29, 0.717) is 24.9 Å². The van der Waals surface area contributed by atoms with Crippen LogP contribution < -0.4 is 20.1 Å². The van der Waals surface area contributed by atoms with Crippen LogP contribution >= 0.6 is 0 Å². The minimum Gasteiger partial charge on any atom is -0.497 e. The van der Waals surface area contributed by atoms with Crippen LogP contribution in [-0.4, -0.2) is 44.3 Å². The zero-order valence-corrected chi connectivity index (χ0v) is 18.5. The Bertz CT molecular complexity index is 982. The van der Waals surface area contributed by atoms with Gasteiger partial charge in [0.15, 0.2) is 5.96 Å². The smallest absolute Gasteiger partial charge is 0.226 e. The van der Waals surface area contributed by atoms with Gasteiger partial charge in [-0.2, -0.15) is 0 Å². The van der Waals surface area contributed by atoms with Crippen molar-refractivity contribution in [2.24, 2.45) is 4.99 Å². The molecule has 0 saturated carbocycles. The Hall–Kier alpha value is -3.48. The number of methoxy groups -OCH3 is 1. The van der Waals surface area contributed by atoms with Crippen LogP contribution in [0.1, 0.15) is 18.2 Å². The predicted octanol–water partition coefficient (Wildman–Crippen LogP) is 3.83. The van der Waals surface area contributed by atoms with E-state index in [0.717, 1.165) is 29.2 Å². The third-order valence-electron chi connectivity index (χ3n) is 4.68. The highest BCUT2D eigenvalue weighted by atomic mass is 16.5. The molecule has 7 nitrogen and oxygen atoms in total. The summed E-state index contributed by atoms with van der Waals surface area (Å²) in [6, 6.07) is 15.7. The number of nitrogens with one attached hydrogen (secondary N) is 2. The first-order valence-electron chi connectivity index (χ1n) is 10.3. The molecule has 0 bridgehead atoms. The number of oxazole rings is 1. The maximum Gasteiger partial charge on any atom is 0.226 e. The van der Waals surface area contributed by atoms with E-state index in [4.69, 9.17) is 13.9 Å². The van der Waals surface area contributed by atoms with Crippen LogP contribution in [0, 0.1) is 6.92 Å². The number of guanidine groups is 1. The largest absolute Gasteiger partial charge is 0.497 e. The first kappa shape index (κ1) is 22.2. The summed E-state index contributed by atoms with van der Waals surface area (Å²) in [5.41, 5.74) is 3.09.